The van der Waals surface area contributed by atoms with Crippen molar-refractivity contribution < 1.29 is 9.63 Å². The maximum absolute atomic E-state index is 12.2. The van der Waals surface area contributed by atoms with Gasteiger partial charge < -0.3 is 4.84 Å². The molecule has 1 N–H and O–H groups in total. The quantitative estimate of drug-likeness (QED) is 0.271. The third kappa shape index (κ3) is 4.95. The number of benzene rings is 1. The summed E-state index contributed by atoms with van der Waals surface area (Å²) in [5.41, 5.74) is 2.21. The summed E-state index contributed by atoms with van der Waals surface area (Å²) in [7, 11) is 0. The molecule has 30 heavy (non-hydrogen) atoms. The van der Waals surface area contributed by atoms with Crippen molar-refractivity contribution in [1.29, 1.82) is 0 Å². The molecule has 2 aromatic heterocycles. The van der Waals surface area contributed by atoms with Gasteiger partial charge in [0.2, 0.25) is 5.84 Å². The van der Waals surface area contributed by atoms with E-state index in [2.05, 4.69) is 31.0 Å². The summed E-state index contributed by atoms with van der Waals surface area (Å²) in [6.45, 7) is 3.76. The van der Waals surface area contributed by atoms with Crippen molar-refractivity contribution in [1.82, 2.24) is 25.2 Å². The molecule has 154 valence electrons. The second-order valence-electron chi connectivity index (χ2n) is 6.98. The van der Waals surface area contributed by atoms with Crippen LogP contribution in [0.25, 0.3) is 0 Å². The Morgan fingerprint density at radius 2 is 2.17 bits per heavy atom. The van der Waals surface area contributed by atoms with Gasteiger partial charge >= 0.3 is 0 Å². The molecule has 2 heterocycles. The molecule has 3 aromatic rings. The van der Waals surface area contributed by atoms with Crippen LogP contribution in [0, 0.1) is 12.8 Å². The number of tetrazole rings is 1. The number of thiazole rings is 1. The summed E-state index contributed by atoms with van der Waals surface area (Å²) in [6.07, 6.45) is 4.35. The molecule has 0 saturated heterocycles. The average molecular weight is 424 g/mol. The highest BCUT2D eigenvalue weighted by molar-refractivity contribution is 7.13. The molecule has 1 aliphatic carbocycles. The van der Waals surface area contributed by atoms with E-state index in [1.807, 2.05) is 48.7 Å². The molecule has 9 nitrogen and oxygen atoms in total. The summed E-state index contributed by atoms with van der Waals surface area (Å²) in [6, 6.07) is 9.52. The van der Waals surface area contributed by atoms with Gasteiger partial charge in [0, 0.05) is 16.5 Å². The molecule has 0 aliphatic heterocycles. The molecule has 0 radical (unpaired) electrons. The standard InChI is InChI=1S/C20H21N7O2S/c1-13(10-15-8-9-15)19(28)22-20-21-17(12-30-20)11-29-24-18(16-6-4-3-5-7-16)27-14(2)23-25-26-27/h3-7,10,12,15H,8-9,11H2,1-2H3,(H,21,22,28)/b13-10+,24-18+. The Morgan fingerprint density at radius 1 is 1.37 bits per heavy atom. The van der Waals surface area contributed by atoms with Gasteiger partial charge in [-0.05, 0) is 43.0 Å². The number of hydrogen-bond acceptors (Lipinski definition) is 8. The number of amides is 1. The second kappa shape index (κ2) is 8.95. The van der Waals surface area contributed by atoms with E-state index in [0.717, 1.165) is 11.1 Å². The average Bonchev–Trinajstić information content (AvgIpc) is 3.29. The third-order valence-corrected chi connectivity index (χ3v) is 5.27. The molecule has 1 amide bonds. The number of rotatable bonds is 7. The van der Waals surface area contributed by atoms with Crippen LogP contribution in [-0.2, 0) is 16.2 Å². The monoisotopic (exact) mass is 423 g/mol. The molecule has 0 atom stereocenters. The number of allylic oxidation sites excluding steroid dienone is 1. The van der Waals surface area contributed by atoms with Gasteiger partial charge in [-0.25, -0.2) is 4.98 Å². The van der Waals surface area contributed by atoms with E-state index in [-0.39, 0.29) is 12.5 Å². The van der Waals surface area contributed by atoms with Crippen molar-refractivity contribution in [3.63, 3.8) is 0 Å². The van der Waals surface area contributed by atoms with Crippen molar-refractivity contribution in [2.75, 3.05) is 5.32 Å². The molecule has 0 spiro atoms. The normalized spacial score (nSPS) is 14.6. The van der Waals surface area contributed by atoms with Gasteiger partial charge in [0.25, 0.3) is 5.91 Å². The number of aryl methyl sites for hydroxylation is 1. The van der Waals surface area contributed by atoms with Gasteiger partial charge in [0.15, 0.2) is 17.6 Å². The maximum Gasteiger partial charge on any atom is 0.252 e. The fourth-order valence-electron chi connectivity index (χ4n) is 2.71. The molecule has 0 bridgehead atoms. The molecule has 1 fully saturated rings. The molecule has 10 heteroatoms. The van der Waals surface area contributed by atoms with E-state index in [0.29, 0.717) is 28.4 Å². The number of oxime groups is 1. The lowest BCUT2D eigenvalue weighted by molar-refractivity contribution is -0.112. The topological polar surface area (TPSA) is 107 Å². The van der Waals surface area contributed by atoms with E-state index in [1.54, 1.807) is 6.92 Å². The number of aromatic nitrogens is 5. The Kier molecular flexibility index (Phi) is 5.94. The number of nitrogens with zero attached hydrogens (tertiary/aromatic N) is 6. The highest BCUT2D eigenvalue weighted by Gasteiger charge is 2.20. The zero-order valence-corrected chi connectivity index (χ0v) is 17.5. The highest BCUT2D eigenvalue weighted by atomic mass is 32.1. The van der Waals surface area contributed by atoms with Crippen LogP contribution in [0.4, 0.5) is 5.13 Å². The smallest absolute Gasteiger partial charge is 0.252 e. The molecule has 1 saturated carbocycles. The van der Waals surface area contributed by atoms with Gasteiger partial charge in [-0.2, -0.15) is 4.68 Å². The zero-order chi connectivity index (χ0) is 20.9. The van der Waals surface area contributed by atoms with Crippen LogP contribution >= 0.6 is 11.3 Å². The summed E-state index contributed by atoms with van der Waals surface area (Å²) in [5.74, 6) is 1.50. The lowest BCUT2D eigenvalue weighted by Gasteiger charge is -2.06. The second-order valence-corrected chi connectivity index (χ2v) is 7.84. The van der Waals surface area contributed by atoms with Crippen molar-refractivity contribution in [2.24, 2.45) is 11.1 Å². The summed E-state index contributed by atoms with van der Waals surface area (Å²) < 4.78 is 1.51. The van der Waals surface area contributed by atoms with Crippen molar-refractivity contribution >= 4 is 28.2 Å². The Bertz CT molecular complexity index is 1080. The maximum atomic E-state index is 12.2. The summed E-state index contributed by atoms with van der Waals surface area (Å²) in [4.78, 5) is 22.1. The first-order valence-electron chi connectivity index (χ1n) is 9.55. The van der Waals surface area contributed by atoms with E-state index in [4.69, 9.17) is 4.84 Å². The lowest BCUT2D eigenvalue weighted by atomic mass is 10.2. The van der Waals surface area contributed by atoms with Crippen LogP contribution in [0.1, 0.15) is 36.8 Å². The number of carbonyl (C=O) groups excluding carboxylic acids is 1. The van der Waals surface area contributed by atoms with Gasteiger partial charge in [0.1, 0.15) is 0 Å². The van der Waals surface area contributed by atoms with E-state index < -0.39 is 0 Å². The minimum atomic E-state index is -0.123. The summed E-state index contributed by atoms with van der Waals surface area (Å²) >= 11 is 1.35. The fourth-order valence-corrected chi connectivity index (χ4v) is 3.40. The molecule has 1 aliphatic rings. The van der Waals surface area contributed by atoms with Crippen molar-refractivity contribution in [2.45, 2.75) is 33.3 Å². The molecular formula is C20H21N7O2S. The van der Waals surface area contributed by atoms with Gasteiger partial charge in [-0.3, -0.25) is 10.1 Å². The first-order chi connectivity index (χ1) is 14.6. The fraction of sp³-hybridized carbons (Fsp3) is 0.300. The van der Waals surface area contributed by atoms with E-state index >= 15 is 0 Å². The molecule has 1 aromatic carbocycles. The molecular weight excluding hydrogens is 402 g/mol. The van der Waals surface area contributed by atoms with Crippen LogP contribution in [-0.4, -0.2) is 36.9 Å². The predicted molar refractivity (Wildman–Crippen MR) is 113 cm³/mol. The number of hydrogen-bond donors (Lipinski definition) is 1. The summed E-state index contributed by atoms with van der Waals surface area (Å²) in [5, 5.41) is 21.0. The van der Waals surface area contributed by atoms with Crippen LogP contribution in [0.15, 0.2) is 52.5 Å². The first kappa shape index (κ1) is 19.9. The first-order valence-corrected chi connectivity index (χ1v) is 10.4. The molecule has 4 rings (SSSR count). The lowest BCUT2D eigenvalue weighted by Crippen LogP contribution is -2.17. The third-order valence-electron chi connectivity index (χ3n) is 4.46. The highest BCUT2D eigenvalue weighted by Crippen LogP contribution is 2.31. The van der Waals surface area contributed by atoms with Crippen LogP contribution in [0.2, 0.25) is 0 Å². The van der Waals surface area contributed by atoms with E-state index in [9.17, 15) is 4.79 Å². The van der Waals surface area contributed by atoms with Gasteiger partial charge in [-0.1, -0.05) is 41.6 Å². The van der Waals surface area contributed by atoms with E-state index in [1.165, 1.54) is 28.9 Å². The SMILES string of the molecule is C/C(=C\C1CC1)C(=O)Nc1nc(CO/N=C(\c2ccccc2)n2nnnc2C)cs1. The van der Waals surface area contributed by atoms with Crippen LogP contribution in [0.5, 0.6) is 0 Å². The Balaban J connectivity index is 1.41. The van der Waals surface area contributed by atoms with Gasteiger partial charge in [-0.15, -0.1) is 16.4 Å². The largest absolute Gasteiger partial charge is 0.387 e. The minimum absolute atomic E-state index is 0.123. The predicted octanol–water partition coefficient (Wildman–Crippen LogP) is 3.16. The molecule has 0 unspecified atom stereocenters. The van der Waals surface area contributed by atoms with Crippen LogP contribution < -0.4 is 5.32 Å². The number of anilines is 1. The number of carbonyl (C=O) groups is 1. The van der Waals surface area contributed by atoms with Crippen molar-refractivity contribution in [3.8, 4) is 0 Å². The van der Waals surface area contributed by atoms with Crippen molar-refractivity contribution in [3.05, 3.63) is 64.4 Å². The number of nitrogens with one attached hydrogen (secondary N) is 1. The van der Waals surface area contributed by atoms with Gasteiger partial charge in [0.05, 0.1) is 5.69 Å². The Morgan fingerprint density at radius 3 is 2.87 bits per heavy atom. The minimum Gasteiger partial charge on any atom is -0.387 e. The Hall–Kier alpha value is -3.40. The Labute approximate surface area is 177 Å². The zero-order valence-electron chi connectivity index (χ0n) is 16.6. The van der Waals surface area contributed by atoms with Crippen LogP contribution in [0.3, 0.4) is 0 Å².